The molecule has 1 aromatic heterocycles. The molecule has 1 amide bonds. The molecule has 1 N–H and O–H groups in total. The number of benzene rings is 2. The first-order chi connectivity index (χ1) is 15.7. The quantitative estimate of drug-likeness (QED) is 0.515. The lowest BCUT2D eigenvalue weighted by molar-refractivity contribution is -0.137. The summed E-state index contributed by atoms with van der Waals surface area (Å²) in [5, 5.41) is 6.57. The molecule has 0 atom stereocenters. The van der Waals surface area contributed by atoms with Crippen LogP contribution in [0.4, 0.5) is 13.2 Å². The van der Waals surface area contributed by atoms with E-state index in [1.807, 2.05) is 0 Å². The molecule has 0 radical (unpaired) electrons. The molecule has 3 rings (SSSR count). The minimum Gasteiger partial charge on any atom is -0.496 e. The summed E-state index contributed by atoms with van der Waals surface area (Å²) in [5.74, 6) is -0.956. The molecule has 0 aliphatic heterocycles. The highest BCUT2D eigenvalue weighted by atomic mass is 19.4. The zero-order valence-corrected chi connectivity index (χ0v) is 17.7. The Bertz CT molecular complexity index is 1140. The van der Waals surface area contributed by atoms with Gasteiger partial charge in [0, 0.05) is 12.1 Å². The third-order valence-electron chi connectivity index (χ3n) is 4.53. The number of nitrogens with one attached hydrogen (secondary N) is 1. The largest absolute Gasteiger partial charge is 0.496 e. The van der Waals surface area contributed by atoms with Crippen LogP contribution in [0.3, 0.4) is 0 Å². The predicted octanol–water partition coefficient (Wildman–Crippen LogP) is 3.38. The van der Waals surface area contributed by atoms with Crippen LogP contribution in [-0.2, 0) is 22.3 Å². The average Bonchev–Trinajstić information content (AvgIpc) is 3.25. The van der Waals surface area contributed by atoms with Crippen molar-refractivity contribution in [2.45, 2.75) is 12.7 Å². The van der Waals surface area contributed by atoms with Gasteiger partial charge in [-0.1, -0.05) is 24.3 Å². The molecular weight excluding hydrogens is 443 g/mol. The number of hydrogen-bond acceptors (Lipinski definition) is 6. The fourth-order valence-electron chi connectivity index (χ4n) is 2.90. The molecule has 0 aliphatic rings. The zero-order valence-electron chi connectivity index (χ0n) is 17.7. The number of amides is 1. The van der Waals surface area contributed by atoms with Crippen LogP contribution in [0.2, 0.25) is 0 Å². The van der Waals surface area contributed by atoms with Gasteiger partial charge in [-0.2, -0.15) is 18.3 Å². The summed E-state index contributed by atoms with van der Waals surface area (Å²) in [6.45, 7) is -0.429. The van der Waals surface area contributed by atoms with Crippen LogP contribution >= 0.6 is 0 Å². The Kier molecular flexibility index (Phi) is 7.21. The van der Waals surface area contributed by atoms with Crippen LogP contribution in [0.5, 0.6) is 11.5 Å². The molecule has 2 aromatic carbocycles. The molecule has 0 unspecified atom stereocenters. The Morgan fingerprint density at radius 1 is 1.03 bits per heavy atom. The number of aromatic nitrogens is 2. The maximum atomic E-state index is 13.0. The van der Waals surface area contributed by atoms with Gasteiger partial charge >= 0.3 is 12.1 Å². The number of methoxy groups -OCH3 is 2. The van der Waals surface area contributed by atoms with Crippen molar-refractivity contribution < 1.29 is 37.0 Å². The normalized spacial score (nSPS) is 11.1. The van der Waals surface area contributed by atoms with Gasteiger partial charge in [0.05, 0.1) is 31.7 Å². The summed E-state index contributed by atoms with van der Waals surface area (Å²) in [6, 6.07) is 11.5. The fourth-order valence-corrected chi connectivity index (χ4v) is 2.90. The molecule has 8 nitrogen and oxygen atoms in total. The van der Waals surface area contributed by atoms with E-state index in [1.54, 1.807) is 24.3 Å². The lowest BCUT2D eigenvalue weighted by atomic mass is 10.2. The first kappa shape index (κ1) is 23.6. The number of rotatable bonds is 8. The highest BCUT2D eigenvalue weighted by Gasteiger charge is 2.31. The standard InChI is InChI=1S/C22H20F3N3O5/c1-31-17-9-4-3-6-14(17)11-26-19(29)13-33-21(30)20-18(32-2)12-28(27-20)16-8-5-7-15(10-16)22(23,24)25/h3-10,12H,11,13H2,1-2H3,(H,26,29). The van der Waals surface area contributed by atoms with E-state index in [4.69, 9.17) is 14.2 Å². The van der Waals surface area contributed by atoms with Crippen LogP contribution in [0.1, 0.15) is 21.6 Å². The minimum absolute atomic E-state index is 0.0214. The maximum Gasteiger partial charge on any atom is 0.416 e. The van der Waals surface area contributed by atoms with E-state index < -0.39 is 30.2 Å². The third-order valence-corrected chi connectivity index (χ3v) is 4.53. The SMILES string of the molecule is COc1ccccc1CNC(=O)COC(=O)c1nn(-c2cccc(C(F)(F)F)c2)cc1OC. The highest BCUT2D eigenvalue weighted by Crippen LogP contribution is 2.31. The topological polar surface area (TPSA) is 91.7 Å². The van der Waals surface area contributed by atoms with E-state index in [1.165, 1.54) is 32.5 Å². The molecule has 3 aromatic rings. The third kappa shape index (κ3) is 5.82. The van der Waals surface area contributed by atoms with Crippen molar-refractivity contribution in [2.24, 2.45) is 0 Å². The van der Waals surface area contributed by atoms with Gasteiger partial charge in [-0.3, -0.25) is 4.79 Å². The Morgan fingerprint density at radius 2 is 1.76 bits per heavy atom. The number of para-hydroxylation sites is 1. The number of halogens is 3. The van der Waals surface area contributed by atoms with Crippen LogP contribution in [0.25, 0.3) is 5.69 Å². The molecule has 33 heavy (non-hydrogen) atoms. The van der Waals surface area contributed by atoms with E-state index >= 15 is 0 Å². The van der Waals surface area contributed by atoms with Gasteiger partial charge in [0.1, 0.15) is 5.75 Å². The van der Waals surface area contributed by atoms with Gasteiger partial charge in [0.15, 0.2) is 12.4 Å². The Balaban J connectivity index is 1.65. The smallest absolute Gasteiger partial charge is 0.416 e. The summed E-state index contributed by atoms with van der Waals surface area (Å²) in [5.41, 5.74) is -0.351. The van der Waals surface area contributed by atoms with E-state index in [0.29, 0.717) is 5.75 Å². The van der Waals surface area contributed by atoms with Gasteiger partial charge in [-0.25, -0.2) is 9.48 Å². The van der Waals surface area contributed by atoms with Gasteiger partial charge in [0.2, 0.25) is 5.69 Å². The van der Waals surface area contributed by atoms with E-state index in [0.717, 1.165) is 22.4 Å². The molecule has 0 bridgehead atoms. The van der Waals surface area contributed by atoms with Crippen molar-refractivity contribution in [2.75, 3.05) is 20.8 Å². The summed E-state index contributed by atoms with van der Waals surface area (Å²) in [7, 11) is 2.78. The molecule has 0 spiro atoms. The van der Waals surface area contributed by atoms with Gasteiger partial charge in [0.25, 0.3) is 5.91 Å². The van der Waals surface area contributed by atoms with E-state index in [-0.39, 0.29) is 23.7 Å². The van der Waals surface area contributed by atoms with Crippen LogP contribution in [-0.4, -0.2) is 42.5 Å². The Labute approximate surface area is 186 Å². The van der Waals surface area contributed by atoms with Crippen molar-refractivity contribution in [3.8, 4) is 17.2 Å². The number of hydrogen-bond donors (Lipinski definition) is 1. The van der Waals surface area contributed by atoms with Crippen molar-refractivity contribution in [1.82, 2.24) is 15.1 Å². The van der Waals surface area contributed by atoms with Crippen LogP contribution in [0, 0.1) is 0 Å². The molecule has 1 heterocycles. The van der Waals surface area contributed by atoms with Gasteiger partial charge in [-0.15, -0.1) is 0 Å². The molecule has 0 saturated heterocycles. The minimum atomic E-state index is -4.54. The monoisotopic (exact) mass is 463 g/mol. The molecule has 0 fully saturated rings. The van der Waals surface area contributed by atoms with Gasteiger partial charge < -0.3 is 19.5 Å². The zero-order chi connectivity index (χ0) is 24.0. The second-order valence-electron chi connectivity index (χ2n) is 6.70. The van der Waals surface area contributed by atoms with Gasteiger partial charge in [-0.05, 0) is 24.3 Å². The molecule has 174 valence electrons. The Hall–Kier alpha value is -4.02. The lowest BCUT2D eigenvalue weighted by Crippen LogP contribution is -2.28. The number of nitrogens with zero attached hydrogens (tertiary/aromatic N) is 2. The van der Waals surface area contributed by atoms with E-state index in [9.17, 15) is 22.8 Å². The maximum absolute atomic E-state index is 13.0. The second kappa shape index (κ2) is 10.1. The molecular formula is C22H20F3N3O5. The first-order valence-electron chi connectivity index (χ1n) is 9.60. The van der Waals surface area contributed by atoms with E-state index in [2.05, 4.69) is 10.4 Å². The second-order valence-corrected chi connectivity index (χ2v) is 6.70. The summed E-state index contributed by atoms with van der Waals surface area (Å²) in [4.78, 5) is 24.5. The van der Waals surface area contributed by atoms with Crippen molar-refractivity contribution >= 4 is 11.9 Å². The van der Waals surface area contributed by atoms with Crippen LogP contribution in [0.15, 0.2) is 54.7 Å². The van der Waals surface area contributed by atoms with Crippen molar-refractivity contribution in [3.63, 3.8) is 0 Å². The summed E-state index contributed by atoms with van der Waals surface area (Å²) >= 11 is 0. The summed E-state index contributed by atoms with van der Waals surface area (Å²) < 4.78 is 55.3. The molecule has 0 saturated carbocycles. The van der Waals surface area contributed by atoms with Crippen LogP contribution < -0.4 is 14.8 Å². The first-order valence-corrected chi connectivity index (χ1v) is 9.60. The molecule has 0 aliphatic carbocycles. The number of ether oxygens (including phenoxy) is 3. The highest BCUT2D eigenvalue weighted by molar-refractivity contribution is 5.92. The predicted molar refractivity (Wildman–Crippen MR) is 110 cm³/mol. The number of alkyl halides is 3. The van der Waals surface area contributed by atoms with Crippen molar-refractivity contribution in [3.05, 3.63) is 71.5 Å². The average molecular weight is 463 g/mol. The molecule has 11 heteroatoms. The number of carbonyl (C=O) groups excluding carboxylic acids is 2. The number of carbonyl (C=O) groups is 2. The summed E-state index contributed by atoms with van der Waals surface area (Å²) in [6.07, 6.45) is -3.29. The van der Waals surface area contributed by atoms with Crippen molar-refractivity contribution in [1.29, 1.82) is 0 Å². The lowest BCUT2D eigenvalue weighted by Gasteiger charge is -2.09. The Morgan fingerprint density at radius 3 is 2.45 bits per heavy atom. The fraction of sp³-hybridized carbons (Fsp3) is 0.227. The number of esters is 1.